The van der Waals surface area contributed by atoms with E-state index in [0.29, 0.717) is 6.42 Å². The molecular formula is C11H14Cl2O3S. The van der Waals surface area contributed by atoms with Crippen molar-refractivity contribution >= 4 is 33.3 Å². The molecule has 1 rings (SSSR count). The molecule has 17 heavy (non-hydrogen) atoms. The monoisotopic (exact) mass is 296 g/mol. The van der Waals surface area contributed by atoms with Crippen LogP contribution in [-0.2, 0) is 14.3 Å². The third-order valence-electron chi connectivity index (χ3n) is 2.11. The van der Waals surface area contributed by atoms with E-state index in [0.717, 1.165) is 12.8 Å². The molecule has 0 saturated carbocycles. The Balaban J connectivity index is 2.75. The second kappa shape index (κ2) is 6.59. The van der Waals surface area contributed by atoms with Crippen molar-refractivity contribution in [2.75, 3.05) is 6.61 Å². The molecule has 0 fully saturated rings. The first-order chi connectivity index (χ1) is 7.95. The third kappa shape index (κ3) is 4.84. The van der Waals surface area contributed by atoms with E-state index in [9.17, 15) is 8.42 Å². The number of hydrogen-bond donors (Lipinski definition) is 0. The molecule has 0 aromatic heterocycles. The number of rotatable bonds is 6. The van der Waals surface area contributed by atoms with E-state index in [1.807, 2.05) is 6.92 Å². The van der Waals surface area contributed by atoms with E-state index in [4.69, 9.17) is 27.4 Å². The van der Waals surface area contributed by atoms with Crippen molar-refractivity contribution in [3.8, 4) is 0 Å². The molecule has 0 radical (unpaired) electrons. The Morgan fingerprint density at radius 1 is 1.12 bits per heavy atom. The van der Waals surface area contributed by atoms with Gasteiger partial charge in [0.2, 0.25) is 0 Å². The van der Waals surface area contributed by atoms with Crippen molar-refractivity contribution in [2.45, 2.75) is 31.1 Å². The molecule has 1 aromatic carbocycles. The number of halogens is 2. The lowest BCUT2D eigenvalue weighted by molar-refractivity contribution is 0.308. The van der Waals surface area contributed by atoms with Gasteiger partial charge in [-0.3, -0.25) is 4.18 Å². The van der Waals surface area contributed by atoms with Crippen molar-refractivity contribution in [2.24, 2.45) is 0 Å². The summed E-state index contributed by atoms with van der Waals surface area (Å²) in [5, 5.41) is 0.543. The molecule has 0 atom stereocenters. The summed E-state index contributed by atoms with van der Waals surface area (Å²) in [5.74, 6) is 0. The van der Waals surface area contributed by atoms with E-state index in [2.05, 4.69) is 0 Å². The highest BCUT2D eigenvalue weighted by atomic mass is 35.5. The smallest absolute Gasteiger partial charge is 0.266 e. The second-order valence-electron chi connectivity index (χ2n) is 3.59. The summed E-state index contributed by atoms with van der Waals surface area (Å²) in [6.45, 7) is 2.21. The van der Waals surface area contributed by atoms with E-state index in [-0.39, 0.29) is 21.5 Å². The average Bonchev–Trinajstić information content (AvgIpc) is 2.23. The van der Waals surface area contributed by atoms with E-state index in [1.165, 1.54) is 18.2 Å². The molecule has 0 aliphatic carbocycles. The molecule has 96 valence electrons. The van der Waals surface area contributed by atoms with Crippen LogP contribution in [0.1, 0.15) is 26.2 Å². The van der Waals surface area contributed by atoms with Crippen molar-refractivity contribution in [3.63, 3.8) is 0 Å². The van der Waals surface area contributed by atoms with Crippen LogP contribution in [0, 0.1) is 0 Å². The molecule has 0 N–H and O–H groups in total. The molecule has 3 nitrogen and oxygen atoms in total. The highest BCUT2D eigenvalue weighted by Crippen LogP contribution is 2.23. The van der Waals surface area contributed by atoms with Crippen LogP contribution in [0.2, 0.25) is 10.0 Å². The normalized spacial score (nSPS) is 11.7. The van der Waals surface area contributed by atoms with E-state index < -0.39 is 10.1 Å². The highest BCUT2D eigenvalue weighted by molar-refractivity contribution is 7.86. The van der Waals surface area contributed by atoms with Crippen LogP contribution >= 0.6 is 23.2 Å². The SMILES string of the molecule is CCCCCOS(=O)(=O)c1cc(Cl)cc(Cl)c1. The lowest BCUT2D eigenvalue weighted by Gasteiger charge is -2.06. The predicted molar refractivity (Wildman–Crippen MR) is 69.1 cm³/mol. The van der Waals surface area contributed by atoms with Crippen molar-refractivity contribution in [3.05, 3.63) is 28.2 Å². The van der Waals surface area contributed by atoms with Crippen LogP contribution in [0.5, 0.6) is 0 Å². The molecule has 6 heteroatoms. The third-order valence-corrected chi connectivity index (χ3v) is 3.84. The van der Waals surface area contributed by atoms with Gasteiger partial charge in [0.05, 0.1) is 11.5 Å². The number of benzene rings is 1. The molecular weight excluding hydrogens is 283 g/mol. The lowest BCUT2D eigenvalue weighted by Crippen LogP contribution is -2.07. The standard InChI is InChI=1S/C11H14Cl2O3S/c1-2-3-4-5-16-17(14,15)11-7-9(12)6-10(13)8-11/h6-8H,2-5H2,1H3. The summed E-state index contributed by atoms with van der Waals surface area (Å²) in [7, 11) is -3.75. The maximum Gasteiger partial charge on any atom is 0.297 e. The van der Waals surface area contributed by atoms with Crippen molar-refractivity contribution < 1.29 is 12.6 Å². The molecule has 0 bridgehead atoms. The number of unbranched alkanes of at least 4 members (excludes halogenated alkanes) is 2. The fourth-order valence-electron chi connectivity index (χ4n) is 1.26. The Labute approximate surface area is 112 Å². The van der Waals surface area contributed by atoms with Crippen LogP contribution in [0.4, 0.5) is 0 Å². The quantitative estimate of drug-likeness (QED) is 0.591. The first kappa shape index (κ1) is 14.8. The topological polar surface area (TPSA) is 43.4 Å². The lowest BCUT2D eigenvalue weighted by atomic mass is 10.3. The van der Waals surface area contributed by atoms with Crippen LogP contribution in [0.15, 0.2) is 23.1 Å². The molecule has 0 heterocycles. The Kier molecular flexibility index (Phi) is 5.73. The minimum Gasteiger partial charge on any atom is -0.266 e. The van der Waals surface area contributed by atoms with Crippen molar-refractivity contribution in [1.82, 2.24) is 0 Å². The Morgan fingerprint density at radius 2 is 1.71 bits per heavy atom. The van der Waals surface area contributed by atoms with Gasteiger partial charge in [-0.25, -0.2) is 0 Å². The van der Waals surface area contributed by atoms with Crippen LogP contribution in [-0.4, -0.2) is 15.0 Å². The molecule has 0 saturated heterocycles. The fourth-order valence-corrected chi connectivity index (χ4v) is 2.93. The van der Waals surface area contributed by atoms with Gasteiger partial charge < -0.3 is 0 Å². The van der Waals surface area contributed by atoms with Crippen molar-refractivity contribution in [1.29, 1.82) is 0 Å². The molecule has 1 aromatic rings. The molecule has 0 amide bonds. The number of hydrogen-bond acceptors (Lipinski definition) is 3. The van der Waals surface area contributed by atoms with Gasteiger partial charge in [-0.1, -0.05) is 43.0 Å². The van der Waals surface area contributed by atoms with E-state index in [1.54, 1.807) is 0 Å². The second-order valence-corrected chi connectivity index (χ2v) is 6.08. The predicted octanol–water partition coefficient (Wildman–Crippen LogP) is 3.89. The van der Waals surface area contributed by atoms with Gasteiger partial charge in [-0.05, 0) is 24.6 Å². The maximum atomic E-state index is 11.8. The zero-order valence-corrected chi connectivity index (χ0v) is 11.8. The van der Waals surface area contributed by atoms with Gasteiger partial charge in [0.15, 0.2) is 0 Å². The summed E-state index contributed by atoms with van der Waals surface area (Å²) >= 11 is 11.5. The van der Waals surface area contributed by atoms with Gasteiger partial charge >= 0.3 is 0 Å². The highest BCUT2D eigenvalue weighted by Gasteiger charge is 2.16. The zero-order valence-electron chi connectivity index (χ0n) is 9.45. The summed E-state index contributed by atoms with van der Waals surface area (Å²) in [6.07, 6.45) is 2.66. The first-order valence-corrected chi connectivity index (χ1v) is 7.47. The fraction of sp³-hybridized carbons (Fsp3) is 0.455. The molecule has 0 unspecified atom stereocenters. The largest absolute Gasteiger partial charge is 0.297 e. The molecule has 0 aliphatic rings. The van der Waals surface area contributed by atoms with E-state index >= 15 is 0 Å². The van der Waals surface area contributed by atoms with Gasteiger partial charge in [0.1, 0.15) is 0 Å². The minimum atomic E-state index is -3.75. The van der Waals surface area contributed by atoms with Gasteiger partial charge in [0, 0.05) is 10.0 Å². The van der Waals surface area contributed by atoms with Crippen LogP contribution in [0.25, 0.3) is 0 Å². The van der Waals surface area contributed by atoms with Crippen LogP contribution in [0.3, 0.4) is 0 Å². The van der Waals surface area contributed by atoms with Gasteiger partial charge in [-0.15, -0.1) is 0 Å². The molecule has 0 spiro atoms. The Morgan fingerprint density at radius 3 is 2.24 bits per heavy atom. The Hall–Kier alpha value is -0.290. The maximum absolute atomic E-state index is 11.8. The van der Waals surface area contributed by atoms with Gasteiger partial charge in [-0.2, -0.15) is 8.42 Å². The molecule has 0 aliphatic heterocycles. The first-order valence-electron chi connectivity index (χ1n) is 5.31. The summed E-state index contributed by atoms with van der Waals surface area (Å²) in [6, 6.07) is 4.12. The minimum absolute atomic E-state index is 0.00787. The zero-order chi connectivity index (χ0) is 12.9. The summed E-state index contributed by atoms with van der Waals surface area (Å²) in [4.78, 5) is -0.00787. The average molecular weight is 297 g/mol. The van der Waals surface area contributed by atoms with Crippen LogP contribution < -0.4 is 0 Å². The summed E-state index contributed by atoms with van der Waals surface area (Å²) in [5.41, 5.74) is 0. The Bertz CT molecular complexity index is 451. The van der Waals surface area contributed by atoms with Gasteiger partial charge in [0.25, 0.3) is 10.1 Å². The summed E-state index contributed by atoms with van der Waals surface area (Å²) < 4.78 is 28.4.